The number of rotatable bonds is 4. The molecular weight excluding hydrogens is 502 g/mol. The van der Waals surface area contributed by atoms with Crippen LogP contribution in [0.3, 0.4) is 0 Å². The minimum atomic E-state index is -0.630. The monoisotopic (exact) mass is 537 g/mol. The molecule has 0 bridgehead atoms. The topological polar surface area (TPSA) is 51.8 Å². The first-order chi connectivity index (χ1) is 25.3. The zero-order chi connectivity index (χ0) is 37.6. The second-order valence-electron chi connectivity index (χ2n) is 9.14. The SMILES string of the molecule is [2H]c1c([2H])c([2H])c(-c2nc(-c3cccc4c(-c5ccccc5)cccc34)nc(-c3c([2H])c([2H])c([2H])c4oc5c([2H])c([2H])c([2H])c([2H])c5c34)n2)c([2H])c1[2H]. The fourth-order valence-corrected chi connectivity index (χ4v) is 4.98. The van der Waals surface area contributed by atoms with Crippen molar-refractivity contribution in [3.05, 3.63) is 139 Å². The van der Waals surface area contributed by atoms with Gasteiger partial charge in [-0.25, -0.2) is 15.0 Å². The van der Waals surface area contributed by atoms with Crippen LogP contribution in [-0.4, -0.2) is 15.0 Å². The molecule has 4 heteroatoms. The highest BCUT2D eigenvalue weighted by Gasteiger charge is 2.18. The number of hydrogen-bond acceptors (Lipinski definition) is 4. The van der Waals surface area contributed by atoms with E-state index in [1.54, 1.807) is 12.1 Å². The smallest absolute Gasteiger partial charge is 0.164 e. The molecule has 0 saturated heterocycles. The molecule has 0 atom stereocenters. The van der Waals surface area contributed by atoms with E-state index in [4.69, 9.17) is 25.9 Å². The van der Waals surface area contributed by atoms with Gasteiger partial charge >= 0.3 is 0 Å². The van der Waals surface area contributed by atoms with Gasteiger partial charge in [-0.3, -0.25) is 0 Å². The predicted octanol–water partition coefficient (Wildman–Crippen LogP) is 9.59. The fourth-order valence-electron chi connectivity index (χ4n) is 4.98. The van der Waals surface area contributed by atoms with Crippen LogP contribution in [0.25, 0.3) is 78.0 Å². The molecule has 0 radical (unpaired) electrons. The molecule has 0 saturated carbocycles. The van der Waals surface area contributed by atoms with E-state index in [1.165, 1.54) is 0 Å². The van der Waals surface area contributed by atoms with E-state index < -0.39 is 72.5 Å². The highest BCUT2D eigenvalue weighted by atomic mass is 16.3. The lowest BCUT2D eigenvalue weighted by molar-refractivity contribution is 0.669. The van der Waals surface area contributed by atoms with Gasteiger partial charge in [-0.1, -0.05) is 127 Å². The summed E-state index contributed by atoms with van der Waals surface area (Å²) in [5.41, 5.74) is 1.14. The van der Waals surface area contributed by atoms with Crippen molar-refractivity contribution in [2.75, 3.05) is 0 Å². The molecule has 0 aliphatic rings. The molecule has 0 fully saturated rings. The van der Waals surface area contributed by atoms with Crippen molar-refractivity contribution < 1.29 is 20.9 Å². The lowest BCUT2D eigenvalue weighted by Crippen LogP contribution is -2.01. The van der Waals surface area contributed by atoms with E-state index >= 15 is 0 Å². The third-order valence-corrected chi connectivity index (χ3v) is 6.78. The Morgan fingerprint density at radius 1 is 0.439 bits per heavy atom. The predicted molar refractivity (Wildman–Crippen MR) is 166 cm³/mol. The number of furan rings is 1. The summed E-state index contributed by atoms with van der Waals surface area (Å²) < 4.78 is 108. The van der Waals surface area contributed by atoms with Crippen molar-refractivity contribution in [3.8, 4) is 45.3 Å². The number of para-hydroxylation sites is 1. The number of nitrogens with zero attached hydrogens (tertiary/aromatic N) is 3. The third kappa shape index (κ3) is 3.97. The van der Waals surface area contributed by atoms with E-state index in [1.807, 2.05) is 54.6 Å². The Morgan fingerprint density at radius 3 is 1.93 bits per heavy atom. The van der Waals surface area contributed by atoms with E-state index in [0.29, 0.717) is 10.9 Å². The molecule has 8 aromatic rings. The molecule has 2 heterocycles. The lowest BCUT2D eigenvalue weighted by atomic mass is 9.95. The Balaban J connectivity index is 1.53. The van der Waals surface area contributed by atoms with Crippen LogP contribution in [0.5, 0.6) is 0 Å². The summed E-state index contributed by atoms with van der Waals surface area (Å²) in [6.07, 6.45) is 0. The maximum absolute atomic E-state index is 9.07. The Morgan fingerprint density at radius 2 is 1.10 bits per heavy atom. The van der Waals surface area contributed by atoms with Crippen molar-refractivity contribution in [2.45, 2.75) is 0 Å². The van der Waals surface area contributed by atoms with Crippen LogP contribution in [-0.2, 0) is 0 Å². The second kappa shape index (κ2) is 9.54. The summed E-state index contributed by atoms with van der Waals surface area (Å²) in [7, 11) is 0. The van der Waals surface area contributed by atoms with Crippen molar-refractivity contribution in [1.29, 1.82) is 0 Å². The first-order valence-corrected chi connectivity index (χ1v) is 12.6. The quantitative estimate of drug-likeness (QED) is 0.224. The van der Waals surface area contributed by atoms with E-state index in [-0.39, 0.29) is 50.5 Å². The van der Waals surface area contributed by atoms with Crippen LogP contribution < -0.4 is 0 Å². The Kier molecular flexibility index (Phi) is 3.29. The van der Waals surface area contributed by atoms with Crippen molar-refractivity contribution in [3.63, 3.8) is 0 Å². The largest absolute Gasteiger partial charge is 0.456 e. The molecule has 8 rings (SSSR count). The molecule has 0 aliphatic heterocycles. The van der Waals surface area contributed by atoms with Crippen LogP contribution in [0.2, 0.25) is 0 Å². The zero-order valence-corrected chi connectivity index (χ0v) is 21.1. The number of fused-ring (bicyclic) bond motifs is 4. The summed E-state index contributed by atoms with van der Waals surface area (Å²) in [6, 6.07) is 13.9. The van der Waals surface area contributed by atoms with Crippen LogP contribution in [0, 0.1) is 0 Å². The van der Waals surface area contributed by atoms with Gasteiger partial charge in [0.2, 0.25) is 0 Å². The molecular formula is C37H23N3O. The number of benzene rings is 6. The van der Waals surface area contributed by atoms with Crippen LogP contribution in [0.4, 0.5) is 0 Å². The number of aromatic nitrogens is 3. The van der Waals surface area contributed by atoms with Gasteiger partial charge < -0.3 is 4.42 Å². The maximum Gasteiger partial charge on any atom is 0.164 e. The summed E-state index contributed by atoms with van der Waals surface area (Å²) in [4.78, 5) is 14.0. The molecule has 6 aromatic carbocycles. The molecule has 192 valence electrons. The van der Waals surface area contributed by atoms with Gasteiger partial charge in [-0.05, 0) is 34.0 Å². The van der Waals surface area contributed by atoms with Crippen molar-refractivity contribution in [1.82, 2.24) is 15.0 Å². The van der Waals surface area contributed by atoms with E-state index in [2.05, 4.69) is 9.97 Å². The van der Waals surface area contributed by atoms with Gasteiger partial charge in [0.1, 0.15) is 11.2 Å². The summed E-state index contributed by atoms with van der Waals surface area (Å²) in [6.45, 7) is 0. The highest BCUT2D eigenvalue weighted by Crippen LogP contribution is 2.38. The van der Waals surface area contributed by atoms with Gasteiger partial charge in [-0.15, -0.1) is 0 Å². The van der Waals surface area contributed by atoms with Crippen molar-refractivity contribution >= 4 is 32.7 Å². The Hall–Kier alpha value is -5.61. The second-order valence-corrected chi connectivity index (χ2v) is 9.14. The normalized spacial score (nSPS) is 15.5. The maximum atomic E-state index is 9.07. The molecule has 4 nitrogen and oxygen atoms in total. The van der Waals surface area contributed by atoms with Gasteiger partial charge in [0.25, 0.3) is 0 Å². The summed E-state index contributed by atoms with van der Waals surface area (Å²) >= 11 is 0. The molecule has 0 amide bonds. The minimum Gasteiger partial charge on any atom is -0.456 e. The lowest BCUT2D eigenvalue weighted by Gasteiger charge is -2.12. The average molecular weight is 538 g/mol. The van der Waals surface area contributed by atoms with E-state index in [9.17, 15) is 0 Å². The zero-order valence-electron chi connectivity index (χ0n) is 33.1. The number of hydrogen-bond donors (Lipinski definition) is 0. The van der Waals surface area contributed by atoms with Gasteiger partial charge in [0.15, 0.2) is 17.5 Å². The standard InChI is InChI=1S/C37H23N3O/c1-3-12-24(13-4-1)26-17-9-19-28-27(26)18-10-20-29(28)36-38-35(25-14-5-2-6-15-25)39-37(40-36)31-21-11-23-33-34(31)30-16-7-8-22-32(30)41-33/h1-23H/i2D,5D,6D,7D,8D,11D,14D,15D,16D,21D,22D,23D. The highest BCUT2D eigenvalue weighted by molar-refractivity contribution is 6.12. The Bertz CT molecular complexity index is 2850. The molecule has 41 heavy (non-hydrogen) atoms. The molecule has 0 spiro atoms. The minimum absolute atomic E-state index is 0.0173. The first-order valence-electron chi connectivity index (χ1n) is 18.6. The average Bonchev–Trinajstić information content (AvgIpc) is 3.57. The molecule has 0 aliphatic carbocycles. The van der Waals surface area contributed by atoms with Crippen LogP contribution in [0.1, 0.15) is 16.4 Å². The van der Waals surface area contributed by atoms with Gasteiger partial charge in [0.05, 0.1) is 16.4 Å². The first kappa shape index (κ1) is 14.1. The third-order valence-electron chi connectivity index (χ3n) is 6.78. The molecule has 0 unspecified atom stereocenters. The molecule has 2 aromatic heterocycles. The van der Waals surface area contributed by atoms with Crippen molar-refractivity contribution in [2.24, 2.45) is 0 Å². The van der Waals surface area contributed by atoms with Crippen LogP contribution in [0.15, 0.2) is 144 Å². The van der Waals surface area contributed by atoms with E-state index in [0.717, 1.165) is 16.5 Å². The molecule has 0 N–H and O–H groups in total. The Labute approximate surface area is 253 Å². The van der Waals surface area contributed by atoms with Gasteiger partial charge in [0, 0.05) is 27.5 Å². The van der Waals surface area contributed by atoms with Crippen LogP contribution >= 0.6 is 0 Å². The van der Waals surface area contributed by atoms with Gasteiger partial charge in [-0.2, -0.15) is 0 Å². The summed E-state index contributed by atoms with van der Waals surface area (Å²) in [5.74, 6) is -0.676. The fraction of sp³-hybridized carbons (Fsp3) is 0. The summed E-state index contributed by atoms with van der Waals surface area (Å²) in [5, 5.41) is 1.24.